The van der Waals surface area contributed by atoms with Gasteiger partial charge < -0.3 is 5.32 Å². The number of likely N-dealkylation sites (tertiary alicyclic amines) is 1. The number of benzene rings is 1. The maximum absolute atomic E-state index is 6.00. The highest BCUT2D eigenvalue weighted by atomic mass is 35.5. The number of nitrogens with zero attached hydrogens (tertiary/aromatic N) is 1. The fourth-order valence-corrected chi connectivity index (χ4v) is 3.17. The number of piperidine rings is 1. The number of hydrogen-bond donors (Lipinski definition) is 1. The van der Waals surface area contributed by atoms with Gasteiger partial charge in [0.25, 0.3) is 0 Å². The number of halogens is 1. The molecule has 1 aromatic carbocycles. The van der Waals surface area contributed by atoms with Gasteiger partial charge >= 0.3 is 0 Å². The Kier molecular flexibility index (Phi) is 2.88. The average Bonchev–Trinajstić information content (AvgIpc) is 2.58. The Morgan fingerprint density at radius 1 is 1.38 bits per heavy atom. The van der Waals surface area contributed by atoms with Gasteiger partial charge in [-0.15, -0.1) is 0 Å². The molecule has 2 aliphatic rings. The standard InChI is InChI=1S/C13H17ClN2/c14-12-3-1-2-10(4-12)7-16-8-11-5-13(9-16)15-6-11/h1-4,11,13,15H,5-9H2. The quantitative estimate of drug-likeness (QED) is 0.847. The number of hydrogen-bond acceptors (Lipinski definition) is 2. The van der Waals surface area contributed by atoms with E-state index in [1.54, 1.807) is 0 Å². The van der Waals surface area contributed by atoms with Crippen LogP contribution in [0.5, 0.6) is 0 Å². The monoisotopic (exact) mass is 236 g/mol. The largest absolute Gasteiger partial charge is 0.312 e. The van der Waals surface area contributed by atoms with Crippen molar-refractivity contribution < 1.29 is 0 Å². The molecule has 2 aliphatic heterocycles. The number of nitrogens with one attached hydrogen (secondary N) is 1. The minimum absolute atomic E-state index is 0.720. The highest BCUT2D eigenvalue weighted by Gasteiger charge is 2.32. The fraction of sp³-hybridized carbons (Fsp3) is 0.538. The van der Waals surface area contributed by atoms with Gasteiger partial charge in [-0.05, 0) is 36.6 Å². The summed E-state index contributed by atoms with van der Waals surface area (Å²) >= 11 is 6.00. The van der Waals surface area contributed by atoms with E-state index in [9.17, 15) is 0 Å². The van der Waals surface area contributed by atoms with Gasteiger partial charge in [-0.3, -0.25) is 4.90 Å². The third-order valence-corrected chi connectivity index (χ3v) is 3.84. The minimum Gasteiger partial charge on any atom is -0.312 e. The molecule has 0 radical (unpaired) electrons. The lowest BCUT2D eigenvalue weighted by molar-refractivity contribution is 0.185. The average molecular weight is 237 g/mol. The number of fused-ring (bicyclic) bond motifs is 2. The van der Waals surface area contributed by atoms with Crippen LogP contribution >= 0.6 is 11.6 Å². The van der Waals surface area contributed by atoms with Gasteiger partial charge in [0.15, 0.2) is 0 Å². The Morgan fingerprint density at radius 3 is 3.12 bits per heavy atom. The first-order valence-electron chi connectivity index (χ1n) is 6.00. The first-order chi connectivity index (χ1) is 7.79. The van der Waals surface area contributed by atoms with Crippen LogP contribution in [0.2, 0.25) is 5.02 Å². The van der Waals surface area contributed by atoms with Crippen molar-refractivity contribution in [2.75, 3.05) is 19.6 Å². The zero-order chi connectivity index (χ0) is 11.0. The second-order valence-electron chi connectivity index (χ2n) is 5.03. The Balaban J connectivity index is 1.67. The molecule has 2 bridgehead atoms. The van der Waals surface area contributed by atoms with Crippen LogP contribution in [0.1, 0.15) is 12.0 Å². The lowest BCUT2D eigenvalue weighted by atomic mass is 9.99. The van der Waals surface area contributed by atoms with E-state index in [-0.39, 0.29) is 0 Å². The second-order valence-corrected chi connectivity index (χ2v) is 5.47. The second kappa shape index (κ2) is 4.36. The van der Waals surface area contributed by atoms with Gasteiger partial charge in [0.1, 0.15) is 0 Å². The maximum atomic E-state index is 6.00. The highest BCUT2D eigenvalue weighted by molar-refractivity contribution is 6.30. The van der Waals surface area contributed by atoms with Crippen LogP contribution in [-0.4, -0.2) is 30.6 Å². The molecule has 3 heteroatoms. The summed E-state index contributed by atoms with van der Waals surface area (Å²) in [4.78, 5) is 2.55. The van der Waals surface area contributed by atoms with Crippen molar-refractivity contribution in [1.82, 2.24) is 10.2 Å². The van der Waals surface area contributed by atoms with Crippen LogP contribution in [0.4, 0.5) is 0 Å². The van der Waals surface area contributed by atoms with Crippen molar-refractivity contribution in [3.8, 4) is 0 Å². The van der Waals surface area contributed by atoms with Crippen LogP contribution in [0.3, 0.4) is 0 Å². The summed E-state index contributed by atoms with van der Waals surface area (Å²) in [6.45, 7) is 4.66. The topological polar surface area (TPSA) is 15.3 Å². The predicted octanol–water partition coefficient (Wildman–Crippen LogP) is 2.13. The predicted molar refractivity (Wildman–Crippen MR) is 66.6 cm³/mol. The summed E-state index contributed by atoms with van der Waals surface area (Å²) in [5, 5.41) is 4.42. The van der Waals surface area contributed by atoms with E-state index in [1.165, 1.54) is 31.6 Å². The third kappa shape index (κ3) is 2.24. The van der Waals surface area contributed by atoms with Crippen molar-refractivity contribution in [2.24, 2.45) is 5.92 Å². The molecular weight excluding hydrogens is 220 g/mol. The molecule has 86 valence electrons. The van der Waals surface area contributed by atoms with Crippen LogP contribution in [-0.2, 0) is 6.54 Å². The smallest absolute Gasteiger partial charge is 0.0409 e. The molecule has 2 saturated heterocycles. The third-order valence-electron chi connectivity index (χ3n) is 3.60. The summed E-state index contributed by atoms with van der Waals surface area (Å²) < 4.78 is 0. The molecule has 2 unspecified atom stereocenters. The van der Waals surface area contributed by atoms with Gasteiger partial charge in [-0.25, -0.2) is 0 Å². The first-order valence-corrected chi connectivity index (χ1v) is 6.37. The van der Waals surface area contributed by atoms with E-state index < -0.39 is 0 Å². The Labute approximate surface area is 102 Å². The van der Waals surface area contributed by atoms with Crippen LogP contribution < -0.4 is 5.32 Å². The molecule has 0 aromatic heterocycles. The zero-order valence-electron chi connectivity index (χ0n) is 9.32. The van der Waals surface area contributed by atoms with E-state index in [0.29, 0.717) is 0 Å². The molecule has 0 spiro atoms. The highest BCUT2D eigenvalue weighted by Crippen LogP contribution is 2.23. The maximum Gasteiger partial charge on any atom is 0.0409 e. The van der Waals surface area contributed by atoms with Gasteiger partial charge in [-0.2, -0.15) is 0 Å². The van der Waals surface area contributed by atoms with Crippen LogP contribution in [0.25, 0.3) is 0 Å². The van der Waals surface area contributed by atoms with E-state index >= 15 is 0 Å². The van der Waals surface area contributed by atoms with Crippen LogP contribution in [0.15, 0.2) is 24.3 Å². The van der Waals surface area contributed by atoms with Crippen molar-refractivity contribution in [3.05, 3.63) is 34.9 Å². The van der Waals surface area contributed by atoms with Crippen LogP contribution in [0, 0.1) is 5.92 Å². The van der Waals surface area contributed by atoms with E-state index in [0.717, 1.165) is 23.5 Å². The van der Waals surface area contributed by atoms with Gasteiger partial charge in [-0.1, -0.05) is 23.7 Å². The van der Waals surface area contributed by atoms with Crippen molar-refractivity contribution in [2.45, 2.75) is 19.0 Å². The van der Waals surface area contributed by atoms with Gasteiger partial charge in [0, 0.05) is 30.7 Å². The molecule has 1 N–H and O–H groups in total. The Bertz CT molecular complexity index is 368. The molecular formula is C13H17ClN2. The molecule has 0 saturated carbocycles. The molecule has 0 aliphatic carbocycles. The Morgan fingerprint density at radius 2 is 2.31 bits per heavy atom. The summed E-state index contributed by atoms with van der Waals surface area (Å²) in [5.41, 5.74) is 1.33. The molecule has 0 amide bonds. The van der Waals surface area contributed by atoms with E-state index in [2.05, 4.69) is 22.3 Å². The lowest BCUT2D eigenvalue weighted by Crippen LogP contribution is -2.40. The Hall–Kier alpha value is -0.570. The molecule has 2 fully saturated rings. The fourth-order valence-electron chi connectivity index (χ4n) is 2.95. The normalized spacial score (nSPS) is 29.6. The molecule has 16 heavy (non-hydrogen) atoms. The van der Waals surface area contributed by atoms with Gasteiger partial charge in [0.2, 0.25) is 0 Å². The first kappa shape index (κ1) is 10.6. The zero-order valence-corrected chi connectivity index (χ0v) is 10.1. The number of rotatable bonds is 2. The molecule has 1 aromatic rings. The molecule has 3 rings (SSSR count). The minimum atomic E-state index is 0.720. The summed E-state index contributed by atoms with van der Waals surface area (Å²) in [7, 11) is 0. The lowest BCUT2D eigenvalue weighted by Gasteiger charge is -2.31. The SMILES string of the molecule is Clc1cccc(CN2CC3CNC(C3)C2)c1. The van der Waals surface area contributed by atoms with Crippen molar-refractivity contribution >= 4 is 11.6 Å². The summed E-state index contributed by atoms with van der Waals surface area (Å²) in [5.74, 6) is 0.859. The molecule has 2 heterocycles. The van der Waals surface area contributed by atoms with Gasteiger partial charge in [0.05, 0.1) is 0 Å². The van der Waals surface area contributed by atoms with E-state index in [1.807, 2.05) is 12.1 Å². The summed E-state index contributed by atoms with van der Waals surface area (Å²) in [6.07, 6.45) is 1.37. The van der Waals surface area contributed by atoms with E-state index in [4.69, 9.17) is 11.6 Å². The summed E-state index contributed by atoms with van der Waals surface area (Å²) in [6, 6.07) is 8.93. The molecule has 2 nitrogen and oxygen atoms in total. The van der Waals surface area contributed by atoms with Crippen molar-refractivity contribution in [1.29, 1.82) is 0 Å². The molecule has 2 atom stereocenters. The van der Waals surface area contributed by atoms with Crippen molar-refractivity contribution in [3.63, 3.8) is 0 Å².